The molecule has 4 nitrogen and oxygen atoms in total. The van der Waals surface area contributed by atoms with Gasteiger partial charge in [-0.3, -0.25) is 4.79 Å². The van der Waals surface area contributed by atoms with Crippen LogP contribution in [0.25, 0.3) is 0 Å². The summed E-state index contributed by atoms with van der Waals surface area (Å²) in [5, 5.41) is 0. The van der Waals surface area contributed by atoms with Crippen molar-refractivity contribution in [3.8, 4) is 11.5 Å². The molecule has 0 saturated carbocycles. The highest BCUT2D eigenvalue weighted by Gasteiger charge is 2.15. The summed E-state index contributed by atoms with van der Waals surface area (Å²) in [5.41, 5.74) is 3.34. The molecular weight excluding hydrogens is 302 g/mol. The summed E-state index contributed by atoms with van der Waals surface area (Å²) in [6.07, 6.45) is 1.35. The van der Waals surface area contributed by atoms with Gasteiger partial charge in [-0.25, -0.2) is 0 Å². The normalized spacial score (nSPS) is 12.4. The third-order valence-electron chi connectivity index (χ3n) is 4.19. The molecule has 0 unspecified atom stereocenters. The Balaban J connectivity index is 1.58. The third kappa shape index (κ3) is 3.88. The summed E-state index contributed by atoms with van der Waals surface area (Å²) in [7, 11) is 1.84. The molecule has 0 aliphatic carbocycles. The Morgan fingerprint density at radius 3 is 2.67 bits per heavy atom. The predicted octanol–water partition coefficient (Wildman–Crippen LogP) is 3.22. The van der Waals surface area contributed by atoms with Gasteiger partial charge < -0.3 is 14.4 Å². The predicted molar refractivity (Wildman–Crippen MR) is 93.4 cm³/mol. The first-order chi connectivity index (χ1) is 11.7. The Bertz CT molecular complexity index is 709. The molecular formula is C20H23NO3. The lowest BCUT2D eigenvalue weighted by molar-refractivity contribution is -0.129. The van der Waals surface area contributed by atoms with Gasteiger partial charge in [0.05, 0.1) is 19.6 Å². The fraction of sp³-hybridized carbons (Fsp3) is 0.350. The Kier molecular flexibility index (Phi) is 5.04. The van der Waals surface area contributed by atoms with Crippen molar-refractivity contribution in [1.82, 2.24) is 4.90 Å². The lowest BCUT2D eigenvalue weighted by Gasteiger charge is -2.18. The molecule has 126 valence electrons. The van der Waals surface area contributed by atoms with Crippen molar-refractivity contribution < 1.29 is 14.3 Å². The number of carbonyl (C=O) groups is 1. The first-order valence-corrected chi connectivity index (χ1v) is 8.36. The minimum atomic E-state index is 0.114. The van der Waals surface area contributed by atoms with Crippen molar-refractivity contribution in [2.75, 3.05) is 20.3 Å². The monoisotopic (exact) mass is 325 g/mol. The van der Waals surface area contributed by atoms with Gasteiger partial charge in [0.25, 0.3) is 0 Å². The lowest BCUT2D eigenvalue weighted by Crippen LogP contribution is -2.27. The molecule has 0 aromatic heterocycles. The van der Waals surface area contributed by atoms with Gasteiger partial charge in [0, 0.05) is 20.0 Å². The third-order valence-corrected chi connectivity index (χ3v) is 4.19. The molecule has 1 heterocycles. The van der Waals surface area contributed by atoms with Crippen molar-refractivity contribution in [2.45, 2.75) is 26.3 Å². The number of rotatable bonds is 6. The number of benzene rings is 2. The molecule has 0 spiro atoms. The zero-order valence-electron chi connectivity index (χ0n) is 14.2. The lowest BCUT2D eigenvalue weighted by atomic mass is 10.1. The summed E-state index contributed by atoms with van der Waals surface area (Å²) >= 11 is 0. The van der Waals surface area contributed by atoms with Crippen molar-refractivity contribution in [3.05, 3.63) is 59.2 Å². The second-order valence-corrected chi connectivity index (χ2v) is 6.04. The number of nitrogens with zero attached hydrogens (tertiary/aromatic N) is 1. The van der Waals surface area contributed by atoms with E-state index in [1.807, 2.05) is 50.4 Å². The van der Waals surface area contributed by atoms with Gasteiger partial charge in [-0.15, -0.1) is 0 Å². The number of hydrogen-bond donors (Lipinski definition) is 0. The summed E-state index contributed by atoms with van der Waals surface area (Å²) in [6.45, 7) is 3.96. The summed E-state index contributed by atoms with van der Waals surface area (Å²) in [5.74, 6) is 1.92. The quantitative estimate of drug-likeness (QED) is 0.818. The van der Waals surface area contributed by atoms with Gasteiger partial charge in [-0.05, 0) is 41.8 Å². The highest BCUT2D eigenvalue weighted by atomic mass is 16.5. The molecule has 2 aromatic carbocycles. The number of carbonyl (C=O) groups excluding carboxylic acids is 1. The molecule has 2 aromatic rings. The Morgan fingerprint density at radius 2 is 1.92 bits per heavy atom. The van der Waals surface area contributed by atoms with E-state index >= 15 is 0 Å². The molecule has 1 aliphatic heterocycles. The maximum Gasteiger partial charge on any atom is 0.227 e. The smallest absolute Gasteiger partial charge is 0.227 e. The average Bonchev–Trinajstić information content (AvgIpc) is 3.04. The Hall–Kier alpha value is -2.49. The van der Waals surface area contributed by atoms with Crippen LogP contribution in [0.15, 0.2) is 42.5 Å². The highest BCUT2D eigenvalue weighted by molar-refractivity contribution is 5.78. The molecule has 0 radical (unpaired) electrons. The fourth-order valence-electron chi connectivity index (χ4n) is 2.88. The highest BCUT2D eigenvalue weighted by Crippen LogP contribution is 2.26. The van der Waals surface area contributed by atoms with Crippen LogP contribution in [0.1, 0.15) is 23.6 Å². The van der Waals surface area contributed by atoms with Crippen LogP contribution in [0.2, 0.25) is 0 Å². The van der Waals surface area contributed by atoms with E-state index < -0.39 is 0 Å². The largest absolute Gasteiger partial charge is 0.494 e. The molecule has 0 fully saturated rings. The van der Waals surface area contributed by atoms with Crippen LogP contribution in [-0.4, -0.2) is 31.1 Å². The summed E-state index contributed by atoms with van der Waals surface area (Å²) in [4.78, 5) is 14.2. The van der Waals surface area contributed by atoms with E-state index in [-0.39, 0.29) is 5.91 Å². The number of hydrogen-bond acceptors (Lipinski definition) is 3. The van der Waals surface area contributed by atoms with Crippen LogP contribution in [0, 0.1) is 0 Å². The van der Waals surface area contributed by atoms with Crippen molar-refractivity contribution in [3.63, 3.8) is 0 Å². The van der Waals surface area contributed by atoms with E-state index in [2.05, 4.69) is 6.07 Å². The summed E-state index contributed by atoms with van der Waals surface area (Å²) in [6, 6.07) is 13.9. The second-order valence-electron chi connectivity index (χ2n) is 6.04. The average molecular weight is 325 g/mol. The van der Waals surface area contributed by atoms with Crippen molar-refractivity contribution >= 4 is 5.91 Å². The van der Waals surface area contributed by atoms with Crippen LogP contribution in [-0.2, 0) is 24.2 Å². The minimum absolute atomic E-state index is 0.114. The van der Waals surface area contributed by atoms with Gasteiger partial charge in [-0.2, -0.15) is 0 Å². The topological polar surface area (TPSA) is 38.8 Å². The SMILES string of the molecule is CCOc1ccc(CN(C)C(=O)Cc2ccc3c(c2)CCO3)cc1. The van der Waals surface area contributed by atoms with Gasteiger partial charge >= 0.3 is 0 Å². The summed E-state index contributed by atoms with van der Waals surface area (Å²) < 4.78 is 10.9. The van der Waals surface area contributed by atoms with Gasteiger partial charge in [0.1, 0.15) is 11.5 Å². The van der Waals surface area contributed by atoms with Crippen LogP contribution < -0.4 is 9.47 Å². The zero-order chi connectivity index (χ0) is 16.9. The number of fused-ring (bicyclic) bond motifs is 1. The maximum atomic E-state index is 12.5. The molecule has 0 N–H and O–H groups in total. The molecule has 3 rings (SSSR count). The van der Waals surface area contributed by atoms with Gasteiger partial charge in [0.15, 0.2) is 0 Å². The minimum Gasteiger partial charge on any atom is -0.494 e. The standard InChI is InChI=1S/C20H23NO3/c1-3-23-18-7-4-15(5-8-18)14-21(2)20(22)13-16-6-9-19-17(12-16)10-11-24-19/h4-9,12H,3,10-11,13-14H2,1-2H3. The molecule has 24 heavy (non-hydrogen) atoms. The van der Waals surface area contributed by atoms with Crippen molar-refractivity contribution in [2.24, 2.45) is 0 Å². The van der Waals surface area contributed by atoms with Crippen LogP contribution in [0.5, 0.6) is 11.5 Å². The molecule has 0 bridgehead atoms. The van der Waals surface area contributed by atoms with Gasteiger partial charge in [-0.1, -0.05) is 24.3 Å². The van der Waals surface area contributed by atoms with E-state index in [4.69, 9.17) is 9.47 Å². The molecule has 0 saturated heterocycles. The fourth-order valence-corrected chi connectivity index (χ4v) is 2.88. The maximum absolute atomic E-state index is 12.5. The van der Waals surface area contributed by atoms with Crippen LogP contribution >= 0.6 is 0 Å². The molecule has 1 amide bonds. The molecule has 4 heteroatoms. The number of likely N-dealkylation sites (N-methyl/N-ethyl adjacent to an activating group) is 1. The first-order valence-electron chi connectivity index (χ1n) is 8.36. The van der Waals surface area contributed by atoms with E-state index in [9.17, 15) is 4.79 Å². The van der Waals surface area contributed by atoms with E-state index in [0.717, 1.165) is 35.7 Å². The van der Waals surface area contributed by atoms with E-state index in [0.29, 0.717) is 19.6 Å². The van der Waals surface area contributed by atoms with Crippen molar-refractivity contribution in [1.29, 1.82) is 0 Å². The molecule has 0 atom stereocenters. The molecule has 1 aliphatic rings. The first kappa shape index (κ1) is 16.4. The van der Waals surface area contributed by atoms with Gasteiger partial charge in [0.2, 0.25) is 5.91 Å². The Morgan fingerprint density at radius 1 is 1.17 bits per heavy atom. The van der Waals surface area contributed by atoms with Crippen LogP contribution in [0.4, 0.5) is 0 Å². The Labute approximate surface area is 143 Å². The van der Waals surface area contributed by atoms with E-state index in [1.165, 1.54) is 5.56 Å². The van der Waals surface area contributed by atoms with E-state index in [1.54, 1.807) is 4.90 Å². The second kappa shape index (κ2) is 7.39. The zero-order valence-corrected chi connectivity index (χ0v) is 14.2. The van der Waals surface area contributed by atoms with Crippen LogP contribution in [0.3, 0.4) is 0 Å². The number of amides is 1. The number of ether oxygens (including phenoxy) is 2.